The van der Waals surface area contributed by atoms with Crippen molar-refractivity contribution in [1.82, 2.24) is 0 Å². The number of hydrogen-bond acceptors (Lipinski definition) is 2. The van der Waals surface area contributed by atoms with E-state index in [-0.39, 0.29) is 11.3 Å². The second-order valence-corrected chi connectivity index (χ2v) is 6.89. The van der Waals surface area contributed by atoms with Crippen molar-refractivity contribution in [1.29, 1.82) is 5.26 Å². The number of anilines is 1. The highest BCUT2D eigenvalue weighted by Gasteiger charge is 2.47. The van der Waals surface area contributed by atoms with Crippen molar-refractivity contribution >= 4 is 11.6 Å². The molecule has 3 heteroatoms. The van der Waals surface area contributed by atoms with Crippen molar-refractivity contribution in [2.45, 2.75) is 43.9 Å². The van der Waals surface area contributed by atoms with Gasteiger partial charge in [0.15, 0.2) is 0 Å². The van der Waals surface area contributed by atoms with E-state index in [1.165, 1.54) is 6.42 Å². The fraction of sp³-hybridized carbons (Fsp3) is 0.333. The molecule has 120 valence electrons. The topological polar surface area (TPSA) is 52.9 Å². The van der Waals surface area contributed by atoms with Crippen molar-refractivity contribution in [3.05, 3.63) is 53.6 Å². The van der Waals surface area contributed by atoms with Crippen molar-refractivity contribution in [2.75, 3.05) is 5.32 Å². The van der Waals surface area contributed by atoms with Crippen LogP contribution in [0.5, 0.6) is 0 Å². The molecule has 2 aromatic carbocycles. The number of hydrogen-bond donors (Lipinski definition) is 1. The second kappa shape index (κ2) is 5.79. The average molecular weight is 316 g/mol. The molecule has 1 saturated carbocycles. The molecular weight excluding hydrogens is 296 g/mol. The normalized spacial score (nSPS) is 18.0. The molecule has 1 aliphatic carbocycles. The number of nitrogens with zero attached hydrogens (tertiary/aromatic N) is 1. The van der Waals surface area contributed by atoms with Crippen molar-refractivity contribution < 1.29 is 4.79 Å². The molecule has 1 fully saturated rings. The molecule has 0 atom stereocenters. The SMILES string of the molecule is N#CCc1cccc(-c2ccc3c(c2)C2(CCCCC2)C(=O)N3)c1. The van der Waals surface area contributed by atoms with Crippen LogP contribution in [0.25, 0.3) is 11.1 Å². The molecule has 0 saturated heterocycles. The van der Waals surface area contributed by atoms with Gasteiger partial charge >= 0.3 is 0 Å². The Morgan fingerprint density at radius 3 is 2.62 bits per heavy atom. The molecular formula is C21H20N2O. The molecule has 2 aromatic rings. The molecule has 0 unspecified atom stereocenters. The van der Waals surface area contributed by atoms with Gasteiger partial charge in [-0.15, -0.1) is 0 Å². The molecule has 1 heterocycles. The highest BCUT2D eigenvalue weighted by molar-refractivity contribution is 6.06. The Hall–Kier alpha value is -2.60. The zero-order valence-electron chi connectivity index (χ0n) is 13.6. The lowest BCUT2D eigenvalue weighted by molar-refractivity contribution is -0.121. The van der Waals surface area contributed by atoms with E-state index in [9.17, 15) is 4.79 Å². The van der Waals surface area contributed by atoms with Gasteiger partial charge in [-0.05, 0) is 47.2 Å². The fourth-order valence-corrected chi connectivity index (χ4v) is 4.20. The quantitative estimate of drug-likeness (QED) is 0.882. The maximum absolute atomic E-state index is 12.6. The van der Waals surface area contributed by atoms with Crippen molar-refractivity contribution in [3.63, 3.8) is 0 Å². The summed E-state index contributed by atoms with van der Waals surface area (Å²) in [6.45, 7) is 0. The first-order valence-corrected chi connectivity index (χ1v) is 8.65. The van der Waals surface area contributed by atoms with Crippen LogP contribution in [-0.2, 0) is 16.6 Å². The number of nitrogens with one attached hydrogen (secondary N) is 1. The minimum absolute atomic E-state index is 0.174. The van der Waals surface area contributed by atoms with E-state index in [4.69, 9.17) is 5.26 Å². The molecule has 1 aliphatic heterocycles. The van der Waals surface area contributed by atoms with E-state index in [0.29, 0.717) is 6.42 Å². The Labute approximate surface area is 142 Å². The third-order valence-electron chi connectivity index (χ3n) is 5.47. The van der Waals surface area contributed by atoms with Crippen LogP contribution in [0.4, 0.5) is 5.69 Å². The van der Waals surface area contributed by atoms with E-state index in [1.807, 2.05) is 18.2 Å². The number of carbonyl (C=O) groups is 1. The second-order valence-electron chi connectivity index (χ2n) is 6.89. The van der Waals surface area contributed by atoms with E-state index in [0.717, 1.165) is 53.6 Å². The molecule has 0 bridgehead atoms. The molecule has 0 radical (unpaired) electrons. The molecule has 4 rings (SSSR count). The maximum Gasteiger partial charge on any atom is 0.235 e. The number of rotatable bonds is 2. The number of fused-ring (bicyclic) bond motifs is 2. The number of amides is 1. The van der Waals surface area contributed by atoms with Crippen LogP contribution in [0.2, 0.25) is 0 Å². The smallest absolute Gasteiger partial charge is 0.235 e. The van der Waals surface area contributed by atoms with Gasteiger partial charge in [0.05, 0.1) is 17.9 Å². The minimum Gasteiger partial charge on any atom is -0.325 e. The van der Waals surface area contributed by atoms with Gasteiger partial charge in [0.2, 0.25) is 5.91 Å². The summed E-state index contributed by atoms with van der Waals surface area (Å²) < 4.78 is 0. The van der Waals surface area contributed by atoms with Gasteiger partial charge in [-0.1, -0.05) is 49.6 Å². The monoisotopic (exact) mass is 316 g/mol. The van der Waals surface area contributed by atoms with Crippen LogP contribution >= 0.6 is 0 Å². The standard InChI is InChI=1S/C21H20N2O/c22-12-9-15-5-4-6-16(13-15)17-7-8-19-18(14-17)21(20(24)23-19)10-2-1-3-11-21/h4-8,13-14H,1-3,9-11H2,(H,23,24). The fourth-order valence-electron chi connectivity index (χ4n) is 4.20. The molecule has 1 amide bonds. The third-order valence-corrected chi connectivity index (χ3v) is 5.47. The number of carbonyl (C=O) groups excluding carboxylic acids is 1. The predicted octanol–water partition coefficient (Wildman–Crippen LogP) is 4.57. The highest BCUT2D eigenvalue weighted by Crippen LogP contribution is 2.48. The largest absolute Gasteiger partial charge is 0.325 e. The van der Waals surface area contributed by atoms with Gasteiger partial charge in [-0.2, -0.15) is 5.26 Å². The van der Waals surface area contributed by atoms with Gasteiger partial charge < -0.3 is 5.32 Å². The van der Waals surface area contributed by atoms with E-state index >= 15 is 0 Å². The lowest BCUT2D eigenvalue weighted by Gasteiger charge is -2.31. The summed E-state index contributed by atoms with van der Waals surface area (Å²) in [7, 11) is 0. The number of nitriles is 1. The van der Waals surface area contributed by atoms with Gasteiger partial charge in [0, 0.05) is 5.69 Å². The van der Waals surface area contributed by atoms with Gasteiger partial charge in [-0.3, -0.25) is 4.79 Å². The summed E-state index contributed by atoms with van der Waals surface area (Å²) in [5.41, 5.74) is 5.06. The van der Waals surface area contributed by atoms with Crippen LogP contribution in [0.1, 0.15) is 43.2 Å². The summed E-state index contributed by atoms with van der Waals surface area (Å²) in [5, 5.41) is 12.0. The average Bonchev–Trinajstić information content (AvgIpc) is 2.88. The summed E-state index contributed by atoms with van der Waals surface area (Å²) in [5.74, 6) is 0.174. The van der Waals surface area contributed by atoms with Crippen molar-refractivity contribution in [3.8, 4) is 17.2 Å². The van der Waals surface area contributed by atoms with Crippen LogP contribution < -0.4 is 5.32 Å². The van der Waals surface area contributed by atoms with Gasteiger partial charge in [-0.25, -0.2) is 0 Å². The summed E-state index contributed by atoms with van der Waals surface area (Å²) in [6.07, 6.45) is 5.78. The molecule has 1 spiro atoms. The van der Waals surface area contributed by atoms with E-state index in [2.05, 4.69) is 35.7 Å². The molecule has 0 aromatic heterocycles. The van der Waals surface area contributed by atoms with E-state index in [1.54, 1.807) is 0 Å². The Balaban J connectivity index is 1.78. The van der Waals surface area contributed by atoms with Crippen LogP contribution in [0, 0.1) is 11.3 Å². The first-order chi connectivity index (χ1) is 11.7. The Morgan fingerprint density at radius 2 is 1.83 bits per heavy atom. The Kier molecular flexibility index (Phi) is 3.61. The number of benzene rings is 2. The zero-order chi connectivity index (χ0) is 16.6. The van der Waals surface area contributed by atoms with Crippen molar-refractivity contribution in [2.24, 2.45) is 0 Å². The first-order valence-electron chi connectivity index (χ1n) is 8.65. The molecule has 24 heavy (non-hydrogen) atoms. The Morgan fingerprint density at radius 1 is 1.04 bits per heavy atom. The first kappa shape index (κ1) is 15.0. The molecule has 3 nitrogen and oxygen atoms in total. The Bertz CT molecular complexity index is 841. The van der Waals surface area contributed by atoms with Gasteiger partial charge in [0.1, 0.15) is 0 Å². The highest BCUT2D eigenvalue weighted by atomic mass is 16.2. The summed E-state index contributed by atoms with van der Waals surface area (Å²) >= 11 is 0. The third kappa shape index (κ3) is 2.30. The van der Waals surface area contributed by atoms with Crippen LogP contribution in [0.3, 0.4) is 0 Å². The predicted molar refractivity (Wildman–Crippen MR) is 94.6 cm³/mol. The van der Waals surface area contributed by atoms with E-state index < -0.39 is 0 Å². The maximum atomic E-state index is 12.6. The molecule has 2 aliphatic rings. The lowest BCUT2D eigenvalue weighted by Crippen LogP contribution is -2.36. The van der Waals surface area contributed by atoms with Crippen LogP contribution in [-0.4, -0.2) is 5.91 Å². The zero-order valence-corrected chi connectivity index (χ0v) is 13.6. The molecule has 1 N–H and O–H groups in total. The van der Waals surface area contributed by atoms with Gasteiger partial charge in [0.25, 0.3) is 0 Å². The summed E-state index contributed by atoms with van der Waals surface area (Å²) in [4.78, 5) is 12.6. The van der Waals surface area contributed by atoms with Crippen LogP contribution in [0.15, 0.2) is 42.5 Å². The lowest BCUT2D eigenvalue weighted by atomic mass is 9.70. The summed E-state index contributed by atoms with van der Waals surface area (Å²) in [6, 6.07) is 16.6. The minimum atomic E-state index is -0.326.